The van der Waals surface area contributed by atoms with E-state index in [9.17, 15) is 5.11 Å². The third-order valence-electron chi connectivity index (χ3n) is 2.08. The van der Waals surface area contributed by atoms with E-state index < -0.39 is 6.10 Å². The molecule has 0 saturated carbocycles. The quantitative estimate of drug-likeness (QED) is 0.725. The molecule has 0 spiro atoms. The Hall–Kier alpha value is -0.860. The van der Waals surface area contributed by atoms with Gasteiger partial charge in [0.1, 0.15) is 0 Å². The van der Waals surface area contributed by atoms with Gasteiger partial charge in [-0.1, -0.05) is 29.3 Å². The number of hydrogen-bond acceptors (Lipinski definition) is 2. The van der Waals surface area contributed by atoms with Gasteiger partial charge in [-0.25, -0.2) is 0 Å². The van der Waals surface area contributed by atoms with Gasteiger partial charge in [0.15, 0.2) is 0 Å². The van der Waals surface area contributed by atoms with Crippen LogP contribution in [0.4, 0.5) is 0 Å². The highest BCUT2D eigenvalue weighted by Gasteiger charge is 2.12. The van der Waals surface area contributed by atoms with Crippen molar-refractivity contribution in [1.29, 1.82) is 0 Å². The van der Waals surface area contributed by atoms with Crippen molar-refractivity contribution in [2.24, 2.45) is 5.73 Å². The minimum Gasteiger partial charge on any atom is -0.387 e. The van der Waals surface area contributed by atoms with Gasteiger partial charge in [-0.15, -0.1) is 0 Å². The number of nitrogens with two attached hydrogens (primary N) is 1. The highest BCUT2D eigenvalue weighted by atomic mass is 16.3. The van der Waals surface area contributed by atoms with Gasteiger partial charge in [-0.3, -0.25) is 0 Å². The Bertz CT molecular complexity index is 274. The third-order valence-corrected chi connectivity index (χ3v) is 2.08. The fourth-order valence-electron chi connectivity index (χ4n) is 1.48. The molecule has 0 fully saturated rings. The fourth-order valence-corrected chi connectivity index (χ4v) is 1.48. The molecule has 0 heterocycles. The number of hydrogen-bond donors (Lipinski definition) is 2. The van der Waals surface area contributed by atoms with Crippen LogP contribution in [-0.2, 0) is 0 Å². The molecule has 0 radical (unpaired) electrons. The summed E-state index contributed by atoms with van der Waals surface area (Å²) in [6, 6.07) is 5.81. The lowest BCUT2D eigenvalue weighted by molar-refractivity contribution is 0.153. The molecular weight excluding hydrogens is 162 g/mol. The molecule has 0 amide bonds. The van der Waals surface area contributed by atoms with Crippen LogP contribution in [0.3, 0.4) is 0 Å². The van der Waals surface area contributed by atoms with Gasteiger partial charge in [0.25, 0.3) is 0 Å². The lowest BCUT2D eigenvalue weighted by atomic mass is 10.00. The van der Waals surface area contributed by atoms with E-state index in [1.54, 1.807) is 0 Å². The number of aryl methyl sites for hydroxylation is 2. The first-order valence-corrected chi connectivity index (χ1v) is 4.52. The van der Waals surface area contributed by atoms with Gasteiger partial charge in [0.05, 0.1) is 6.10 Å². The van der Waals surface area contributed by atoms with E-state index >= 15 is 0 Å². The summed E-state index contributed by atoms with van der Waals surface area (Å²) in [7, 11) is 0. The molecule has 0 unspecified atom stereocenters. The maximum absolute atomic E-state index is 9.72. The molecule has 0 aliphatic rings. The molecule has 2 atom stereocenters. The van der Waals surface area contributed by atoms with Gasteiger partial charge in [-0.2, -0.15) is 0 Å². The summed E-state index contributed by atoms with van der Waals surface area (Å²) >= 11 is 0. The lowest BCUT2D eigenvalue weighted by Gasteiger charge is -2.15. The standard InChI is InChI=1S/C11H17NO/c1-7-4-8(2)6-10(5-7)11(13)9(3)12/h4-6,9,11,13H,12H2,1-3H3/t9-,11-/m0/s1. The predicted octanol–water partition coefficient (Wildman–Crippen LogP) is 1.68. The summed E-state index contributed by atoms with van der Waals surface area (Å²) in [4.78, 5) is 0. The molecule has 0 aromatic heterocycles. The molecule has 0 bridgehead atoms. The van der Waals surface area contributed by atoms with Crippen LogP contribution in [0.5, 0.6) is 0 Å². The second-order valence-corrected chi connectivity index (χ2v) is 3.73. The van der Waals surface area contributed by atoms with E-state index in [2.05, 4.69) is 6.07 Å². The summed E-state index contributed by atoms with van der Waals surface area (Å²) in [5, 5.41) is 9.72. The van der Waals surface area contributed by atoms with Crippen molar-refractivity contribution in [3.8, 4) is 0 Å². The first-order valence-electron chi connectivity index (χ1n) is 4.52. The van der Waals surface area contributed by atoms with Crippen molar-refractivity contribution >= 4 is 0 Å². The van der Waals surface area contributed by atoms with Crippen molar-refractivity contribution in [2.45, 2.75) is 32.9 Å². The molecule has 1 aromatic rings. The van der Waals surface area contributed by atoms with Crippen LogP contribution in [0.15, 0.2) is 18.2 Å². The first kappa shape index (κ1) is 10.2. The summed E-state index contributed by atoms with van der Waals surface area (Å²) in [6.07, 6.45) is -0.557. The molecule has 3 N–H and O–H groups in total. The van der Waals surface area contributed by atoms with Gasteiger partial charge in [0.2, 0.25) is 0 Å². The van der Waals surface area contributed by atoms with E-state index in [-0.39, 0.29) is 6.04 Å². The van der Waals surface area contributed by atoms with Crippen molar-refractivity contribution < 1.29 is 5.11 Å². The lowest BCUT2D eigenvalue weighted by Crippen LogP contribution is -2.24. The summed E-state index contributed by atoms with van der Waals surface area (Å²) in [5.41, 5.74) is 8.85. The number of aliphatic hydroxyl groups excluding tert-OH is 1. The highest BCUT2D eigenvalue weighted by Crippen LogP contribution is 2.18. The Morgan fingerprint density at radius 1 is 1.15 bits per heavy atom. The van der Waals surface area contributed by atoms with Crippen LogP contribution < -0.4 is 5.73 Å². The average molecular weight is 179 g/mol. The van der Waals surface area contributed by atoms with E-state index in [0.717, 1.165) is 16.7 Å². The van der Waals surface area contributed by atoms with Gasteiger partial charge < -0.3 is 10.8 Å². The Balaban J connectivity index is 3.01. The second-order valence-electron chi connectivity index (χ2n) is 3.73. The molecule has 0 aliphatic heterocycles. The van der Waals surface area contributed by atoms with E-state index in [0.29, 0.717) is 0 Å². The zero-order valence-corrected chi connectivity index (χ0v) is 8.41. The molecule has 0 saturated heterocycles. The van der Waals surface area contributed by atoms with Crippen LogP contribution in [0.2, 0.25) is 0 Å². The fraction of sp³-hybridized carbons (Fsp3) is 0.455. The third kappa shape index (κ3) is 2.54. The van der Waals surface area contributed by atoms with Crippen molar-refractivity contribution in [3.05, 3.63) is 34.9 Å². The number of aliphatic hydroxyl groups is 1. The van der Waals surface area contributed by atoms with Gasteiger partial charge >= 0.3 is 0 Å². The van der Waals surface area contributed by atoms with E-state index in [1.807, 2.05) is 32.9 Å². The topological polar surface area (TPSA) is 46.2 Å². The Kier molecular flexibility index (Phi) is 3.07. The largest absolute Gasteiger partial charge is 0.387 e. The Morgan fingerprint density at radius 3 is 2.00 bits per heavy atom. The number of rotatable bonds is 2. The monoisotopic (exact) mass is 179 g/mol. The van der Waals surface area contributed by atoms with Gasteiger partial charge in [-0.05, 0) is 26.3 Å². The normalized spacial score (nSPS) is 15.5. The van der Waals surface area contributed by atoms with Crippen LogP contribution in [0.25, 0.3) is 0 Å². The molecule has 13 heavy (non-hydrogen) atoms. The summed E-state index contributed by atoms with van der Waals surface area (Å²) < 4.78 is 0. The Labute approximate surface area is 79.4 Å². The second kappa shape index (κ2) is 3.90. The predicted molar refractivity (Wildman–Crippen MR) is 54.5 cm³/mol. The summed E-state index contributed by atoms with van der Waals surface area (Å²) in [6.45, 7) is 5.84. The molecular formula is C11H17NO. The maximum atomic E-state index is 9.72. The van der Waals surface area contributed by atoms with Crippen molar-refractivity contribution in [1.82, 2.24) is 0 Å². The molecule has 2 nitrogen and oxygen atoms in total. The Morgan fingerprint density at radius 2 is 1.62 bits per heavy atom. The van der Waals surface area contributed by atoms with Gasteiger partial charge in [0, 0.05) is 6.04 Å². The van der Waals surface area contributed by atoms with E-state index in [1.165, 1.54) is 0 Å². The summed E-state index contributed by atoms with van der Waals surface area (Å²) in [5.74, 6) is 0. The highest BCUT2D eigenvalue weighted by molar-refractivity contribution is 5.30. The zero-order valence-electron chi connectivity index (χ0n) is 8.41. The smallest absolute Gasteiger partial charge is 0.0938 e. The maximum Gasteiger partial charge on any atom is 0.0938 e. The van der Waals surface area contributed by atoms with Crippen LogP contribution in [-0.4, -0.2) is 11.1 Å². The SMILES string of the molecule is Cc1cc(C)cc([C@@H](O)[C@H](C)N)c1. The van der Waals surface area contributed by atoms with Crippen LogP contribution >= 0.6 is 0 Å². The molecule has 2 heteroatoms. The van der Waals surface area contributed by atoms with Crippen molar-refractivity contribution in [3.63, 3.8) is 0 Å². The minimum atomic E-state index is -0.557. The van der Waals surface area contributed by atoms with Crippen LogP contribution in [0, 0.1) is 13.8 Å². The minimum absolute atomic E-state index is 0.221. The molecule has 1 aromatic carbocycles. The zero-order chi connectivity index (χ0) is 10.0. The number of benzene rings is 1. The molecule has 0 aliphatic carbocycles. The molecule has 1 rings (SSSR count). The van der Waals surface area contributed by atoms with Crippen molar-refractivity contribution in [2.75, 3.05) is 0 Å². The first-order chi connectivity index (χ1) is 6.00. The van der Waals surface area contributed by atoms with Crippen LogP contribution in [0.1, 0.15) is 29.7 Å². The van der Waals surface area contributed by atoms with E-state index in [4.69, 9.17) is 5.73 Å². The average Bonchev–Trinajstić information content (AvgIpc) is 2.01. The molecule has 72 valence electrons.